The van der Waals surface area contributed by atoms with Crippen LogP contribution < -0.4 is 0 Å². The van der Waals surface area contributed by atoms with Crippen molar-refractivity contribution in [1.29, 1.82) is 0 Å². The highest BCUT2D eigenvalue weighted by molar-refractivity contribution is 14.1. The van der Waals surface area contributed by atoms with E-state index < -0.39 is 0 Å². The molecule has 0 radical (unpaired) electrons. The molecule has 3 heteroatoms. The Balaban J connectivity index is 2.07. The first-order chi connectivity index (χ1) is 7.66. The van der Waals surface area contributed by atoms with E-state index in [1.165, 1.54) is 25.7 Å². The normalized spacial score (nSPS) is 18.9. The van der Waals surface area contributed by atoms with Gasteiger partial charge in [0.25, 0.3) is 0 Å². The minimum Gasteiger partial charge on any atom is -0.388 e. The van der Waals surface area contributed by atoms with Crippen molar-refractivity contribution in [3.8, 4) is 0 Å². The molecule has 1 aliphatic rings. The Kier molecular flexibility index (Phi) is 4.50. The standard InChI is InChI=1S/C13H16ClIO/c14-10-5-6-12(15)11(8-10)13(16)7-9-3-1-2-4-9/h5-6,8-9,13,16H,1-4,7H2. The van der Waals surface area contributed by atoms with Crippen LogP contribution in [0.5, 0.6) is 0 Å². The van der Waals surface area contributed by atoms with Gasteiger partial charge in [0, 0.05) is 8.59 Å². The number of benzene rings is 1. The van der Waals surface area contributed by atoms with Gasteiger partial charge in [-0.2, -0.15) is 0 Å². The number of rotatable bonds is 3. The van der Waals surface area contributed by atoms with Gasteiger partial charge in [-0.25, -0.2) is 0 Å². The Hall–Kier alpha value is 0.200. The van der Waals surface area contributed by atoms with Crippen molar-refractivity contribution >= 4 is 34.2 Å². The predicted octanol–water partition coefficient (Wildman–Crippen LogP) is 4.56. The molecule has 1 aliphatic carbocycles. The van der Waals surface area contributed by atoms with Crippen LogP contribution in [0.15, 0.2) is 18.2 Å². The summed E-state index contributed by atoms with van der Waals surface area (Å²) in [6.07, 6.45) is 5.72. The van der Waals surface area contributed by atoms with E-state index >= 15 is 0 Å². The Bertz CT molecular complexity index is 361. The lowest BCUT2D eigenvalue weighted by atomic mass is 9.96. The maximum atomic E-state index is 10.2. The van der Waals surface area contributed by atoms with Gasteiger partial charge in [0.05, 0.1) is 6.10 Å². The van der Waals surface area contributed by atoms with Crippen molar-refractivity contribution in [3.63, 3.8) is 0 Å². The Morgan fingerprint density at radius 3 is 2.75 bits per heavy atom. The van der Waals surface area contributed by atoms with Crippen LogP contribution in [0, 0.1) is 9.49 Å². The molecule has 0 saturated heterocycles. The first-order valence-corrected chi connectivity index (χ1v) is 7.25. The van der Waals surface area contributed by atoms with Crippen molar-refractivity contribution in [2.24, 2.45) is 5.92 Å². The Labute approximate surface area is 115 Å². The van der Waals surface area contributed by atoms with Gasteiger partial charge < -0.3 is 5.11 Å². The third-order valence-corrected chi connectivity index (χ3v) is 4.57. The van der Waals surface area contributed by atoms with Gasteiger partial charge in [-0.15, -0.1) is 0 Å². The summed E-state index contributed by atoms with van der Waals surface area (Å²) < 4.78 is 1.10. The second kappa shape index (κ2) is 5.69. The summed E-state index contributed by atoms with van der Waals surface area (Å²) >= 11 is 8.22. The SMILES string of the molecule is OC(CC1CCCC1)c1cc(Cl)ccc1I. The van der Waals surface area contributed by atoms with Gasteiger partial charge in [-0.3, -0.25) is 0 Å². The average Bonchev–Trinajstić information content (AvgIpc) is 2.74. The molecular weight excluding hydrogens is 334 g/mol. The molecule has 0 bridgehead atoms. The summed E-state index contributed by atoms with van der Waals surface area (Å²) in [4.78, 5) is 0. The zero-order valence-corrected chi connectivity index (χ0v) is 12.0. The maximum Gasteiger partial charge on any atom is 0.0803 e. The first-order valence-electron chi connectivity index (χ1n) is 5.80. The molecule has 1 unspecified atom stereocenters. The van der Waals surface area contributed by atoms with E-state index in [1.807, 2.05) is 18.2 Å². The highest BCUT2D eigenvalue weighted by atomic mass is 127. The molecule has 0 amide bonds. The van der Waals surface area contributed by atoms with E-state index in [9.17, 15) is 5.11 Å². The first kappa shape index (κ1) is 12.7. The topological polar surface area (TPSA) is 20.2 Å². The molecule has 0 heterocycles. The van der Waals surface area contributed by atoms with Gasteiger partial charge in [0.1, 0.15) is 0 Å². The molecule has 1 nitrogen and oxygen atoms in total. The number of hydrogen-bond acceptors (Lipinski definition) is 1. The molecule has 1 N–H and O–H groups in total. The molecule has 1 fully saturated rings. The molecule has 1 aromatic carbocycles. The number of aliphatic hydroxyl groups excluding tert-OH is 1. The van der Waals surface area contributed by atoms with Gasteiger partial charge in [-0.05, 0) is 58.7 Å². The zero-order chi connectivity index (χ0) is 11.5. The second-order valence-corrected chi connectivity index (χ2v) is 6.17. The lowest BCUT2D eigenvalue weighted by Gasteiger charge is -2.17. The quantitative estimate of drug-likeness (QED) is 0.792. The molecule has 2 rings (SSSR count). The van der Waals surface area contributed by atoms with Crippen molar-refractivity contribution in [1.82, 2.24) is 0 Å². The van der Waals surface area contributed by atoms with Gasteiger partial charge in [-0.1, -0.05) is 37.3 Å². The Morgan fingerprint density at radius 1 is 1.38 bits per heavy atom. The molecule has 1 saturated carbocycles. The van der Waals surface area contributed by atoms with Gasteiger partial charge in [0.15, 0.2) is 0 Å². The highest BCUT2D eigenvalue weighted by Gasteiger charge is 2.21. The lowest BCUT2D eigenvalue weighted by Crippen LogP contribution is -2.05. The largest absolute Gasteiger partial charge is 0.388 e. The number of aliphatic hydroxyl groups is 1. The third kappa shape index (κ3) is 3.11. The summed E-state index contributed by atoms with van der Waals surface area (Å²) in [5, 5.41) is 10.9. The summed E-state index contributed by atoms with van der Waals surface area (Å²) in [5.74, 6) is 0.699. The van der Waals surface area contributed by atoms with Crippen LogP contribution in [0.1, 0.15) is 43.8 Å². The third-order valence-electron chi connectivity index (χ3n) is 3.35. The van der Waals surface area contributed by atoms with Crippen molar-refractivity contribution in [2.75, 3.05) is 0 Å². The lowest BCUT2D eigenvalue weighted by molar-refractivity contribution is 0.144. The molecular formula is C13H16ClIO. The van der Waals surface area contributed by atoms with Crippen molar-refractivity contribution < 1.29 is 5.11 Å². The fourth-order valence-electron chi connectivity index (χ4n) is 2.46. The van der Waals surface area contributed by atoms with Crippen LogP contribution in [0.2, 0.25) is 5.02 Å². The molecule has 1 atom stereocenters. The van der Waals surface area contributed by atoms with Crippen LogP contribution in [-0.4, -0.2) is 5.11 Å². The van der Waals surface area contributed by atoms with E-state index in [0.717, 1.165) is 15.6 Å². The van der Waals surface area contributed by atoms with Crippen LogP contribution >= 0.6 is 34.2 Å². The van der Waals surface area contributed by atoms with E-state index in [1.54, 1.807) is 0 Å². The monoisotopic (exact) mass is 350 g/mol. The van der Waals surface area contributed by atoms with Gasteiger partial charge >= 0.3 is 0 Å². The summed E-state index contributed by atoms with van der Waals surface area (Å²) in [7, 11) is 0. The highest BCUT2D eigenvalue weighted by Crippen LogP contribution is 2.34. The fraction of sp³-hybridized carbons (Fsp3) is 0.538. The average molecular weight is 351 g/mol. The molecule has 0 aromatic heterocycles. The summed E-state index contributed by atoms with van der Waals surface area (Å²) in [5.41, 5.74) is 0.986. The smallest absolute Gasteiger partial charge is 0.0803 e. The van der Waals surface area contributed by atoms with Crippen LogP contribution in [0.25, 0.3) is 0 Å². The molecule has 16 heavy (non-hydrogen) atoms. The van der Waals surface area contributed by atoms with Crippen LogP contribution in [0.3, 0.4) is 0 Å². The molecule has 1 aromatic rings. The predicted molar refractivity (Wildman–Crippen MR) is 75.7 cm³/mol. The number of hydrogen-bond donors (Lipinski definition) is 1. The summed E-state index contributed by atoms with van der Waals surface area (Å²) in [6.45, 7) is 0. The maximum absolute atomic E-state index is 10.2. The van der Waals surface area contributed by atoms with Gasteiger partial charge in [0.2, 0.25) is 0 Å². The van der Waals surface area contributed by atoms with Crippen LogP contribution in [-0.2, 0) is 0 Å². The van der Waals surface area contributed by atoms with Crippen molar-refractivity contribution in [2.45, 2.75) is 38.2 Å². The zero-order valence-electron chi connectivity index (χ0n) is 9.13. The summed E-state index contributed by atoms with van der Waals surface area (Å²) in [6, 6.07) is 5.73. The minimum absolute atomic E-state index is 0.353. The fourth-order valence-corrected chi connectivity index (χ4v) is 3.33. The van der Waals surface area contributed by atoms with Crippen molar-refractivity contribution in [3.05, 3.63) is 32.4 Å². The van der Waals surface area contributed by atoms with Crippen LogP contribution in [0.4, 0.5) is 0 Å². The molecule has 0 spiro atoms. The van der Waals surface area contributed by atoms with E-state index in [4.69, 9.17) is 11.6 Å². The Morgan fingerprint density at radius 2 is 2.06 bits per heavy atom. The minimum atomic E-state index is -0.353. The van der Waals surface area contributed by atoms with E-state index in [-0.39, 0.29) is 6.10 Å². The molecule has 88 valence electrons. The van der Waals surface area contributed by atoms with E-state index in [0.29, 0.717) is 10.9 Å². The molecule has 0 aliphatic heterocycles. The van der Waals surface area contributed by atoms with E-state index in [2.05, 4.69) is 22.6 Å². The number of halogens is 2. The second-order valence-electron chi connectivity index (χ2n) is 4.57.